The first-order valence-corrected chi connectivity index (χ1v) is 8.28. The third kappa shape index (κ3) is 3.84. The molecule has 3 rings (SSSR count). The summed E-state index contributed by atoms with van der Waals surface area (Å²) in [5, 5.41) is 4.29. The Morgan fingerprint density at radius 3 is 2.90 bits per heavy atom. The van der Waals surface area contributed by atoms with Crippen molar-refractivity contribution in [1.82, 2.24) is 19.6 Å². The maximum absolute atomic E-state index is 12.6. The van der Waals surface area contributed by atoms with Gasteiger partial charge in [0.25, 0.3) is 0 Å². The van der Waals surface area contributed by atoms with E-state index in [-0.39, 0.29) is 5.92 Å². The molecule has 2 aliphatic heterocycles. The normalized spacial score (nSPS) is 24.2. The minimum Gasteiger partial charge on any atom is -0.378 e. The number of aromatic nitrogens is 2. The first-order valence-electron chi connectivity index (χ1n) is 7.49. The van der Waals surface area contributed by atoms with Gasteiger partial charge in [0.1, 0.15) is 0 Å². The van der Waals surface area contributed by atoms with Gasteiger partial charge in [-0.25, -0.2) is 0 Å². The number of halogens is 1. The van der Waals surface area contributed by atoms with Gasteiger partial charge in [-0.3, -0.25) is 14.4 Å². The van der Waals surface area contributed by atoms with Crippen LogP contribution in [0.25, 0.3) is 0 Å². The number of carbonyl (C=O) groups excluding carboxylic acids is 1. The molecule has 0 bridgehead atoms. The summed E-state index contributed by atoms with van der Waals surface area (Å²) in [6.07, 6.45) is 5.83. The fraction of sp³-hybridized carbons (Fsp3) is 0.714. The molecule has 6 nitrogen and oxygen atoms in total. The standard InChI is InChI=1S/C14H21BrN4O2/c15-13-8-16-19(10-13)11-17-3-1-2-12(9-17)14(20)18-4-6-21-7-5-18/h8,10,12H,1-7,9,11H2. The topological polar surface area (TPSA) is 50.6 Å². The highest BCUT2D eigenvalue weighted by Gasteiger charge is 2.30. The summed E-state index contributed by atoms with van der Waals surface area (Å²) in [6, 6.07) is 0. The summed E-state index contributed by atoms with van der Waals surface area (Å²) in [4.78, 5) is 16.8. The van der Waals surface area contributed by atoms with Crippen molar-refractivity contribution in [3.05, 3.63) is 16.9 Å². The van der Waals surface area contributed by atoms with Crippen LogP contribution in [0.3, 0.4) is 0 Å². The van der Waals surface area contributed by atoms with Crippen LogP contribution in [0.1, 0.15) is 12.8 Å². The lowest BCUT2D eigenvalue weighted by atomic mass is 9.96. The third-order valence-corrected chi connectivity index (χ3v) is 4.53. The van der Waals surface area contributed by atoms with E-state index in [1.165, 1.54) is 0 Å². The molecule has 2 aliphatic rings. The summed E-state index contributed by atoms with van der Waals surface area (Å²) in [5.41, 5.74) is 0. The summed E-state index contributed by atoms with van der Waals surface area (Å²) in [7, 11) is 0. The number of morpholine rings is 1. The Labute approximate surface area is 133 Å². The van der Waals surface area contributed by atoms with Gasteiger partial charge in [0.15, 0.2) is 0 Å². The van der Waals surface area contributed by atoms with Gasteiger partial charge in [-0.2, -0.15) is 5.10 Å². The van der Waals surface area contributed by atoms with Crippen LogP contribution < -0.4 is 0 Å². The molecule has 1 aromatic rings. The van der Waals surface area contributed by atoms with E-state index in [0.717, 1.165) is 50.2 Å². The van der Waals surface area contributed by atoms with E-state index in [1.807, 2.05) is 15.8 Å². The van der Waals surface area contributed by atoms with E-state index in [0.29, 0.717) is 19.1 Å². The van der Waals surface area contributed by atoms with Crippen molar-refractivity contribution in [3.8, 4) is 0 Å². The molecule has 0 aliphatic carbocycles. The lowest BCUT2D eigenvalue weighted by molar-refractivity contribution is -0.141. The molecule has 3 heterocycles. The molecule has 1 atom stereocenters. The number of ether oxygens (including phenoxy) is 1. The number of piperidine rings is 1. The fourth-order valence-corrected chi connectivity index (χ4v) is 3.38. The van der Waals surface area contributed by atoms with Crippen LogP contribution in [0.15, 0.2) is 16.9 Å². The smallest absolute Gasteiger partial charge is 0.227 e. The highest BCUT2D eigenvalue weighted by atomic mass is 79.9. The number of nitrogens with zero attached hydrogens (tertiary/aromatic N) is 4. The number of amides is 1. The Balaban J connectivity index is 1.56. The molecule has 116 valence electrons. The van der Waals surface area contributed by atoms with Crippen molar-refractivity contribution in [2.45, 2.75) is 19.5 Å². The largest absolute Gasteiger partial charge is 0.378 e. The zero-order chi connectivity index (χ0) is 14.7. The van der Waals surface area contributed by atoms with Crippen molar-refractivity contribution in [2.75, 3.05) is 39.4 Å². The average Bonchev–Trinajstić information content (AvgIpc) is 2.93. The van der Waals surface area contributed by atoms with Gasteiger partial charge >= 0.3 is 0 Å². The highest BCUT2D eigenvalue weighted by molar-refractivity contribution is 9.10. The molecule has 2 fully saturated rings. The number of carbonyl (C=O) groups is 1. The summed E-state index contributed by atoms with van der Waals surface area (Å²) >= 11 is 3.41. The van der Waals surface area contributed by atoms with E-state index in [4.69, 9.17) is 4.74 Å². The van der Waals surface area contributed by atoms with Gasteiger partial charge < -0.3 is 9.64 Å². The van der Waals surface area contributed by atoms with Crippen molar-refractivity contribution in [2.24, 2.45) is 5.92 Å². The maximum atomic E-state index is 12.6. The van der Waals surface area contributed by atoms with Crippen LogP contribution in [0, 0.1) is 5.92 Å². The van der Waals surface area contributed by atoms with Crippen LogP contribution >= 0.6 is 15.9 Å². The summed E-state index contributed by atoms with van der Waals surface area (Å²) < 4.78 is 8.21. The minimum absolute atomic E-state index is 0.121. The second-order valence-electron chi connectivity index (χ2n) is 5.69. The molecule has 0 radical (unpaired) electrons. The summed E-state index contributed by atoms with van der Waals surface area (Å²) in [5.74, 6) is 0.417. The third-order valence-electron chi connectivity index (χ3n) is 4.12. The molecule has 1 amide bonds. The zero-order valence-corrected chi connectivity index (χ0v) is 13.7. The summed E-state index contributed by atoms with van der Waals surface area (Å²) in [6.45, 7) is 5.42. The Hall–Kier alpha value is -0.920. The van der Waals surface area contributed by atoms with E-state index < -0.39 is 0 Å². The Bertz CT molecular complexity index is 487. The van der Waals surface area contributed by atoms with Crippen molar-refractivity contribution in [1.29, 1.82) is 0 Å². The van der Waals surface area contributed by atoms with Crippen molar-refractivity contribution >= 4 is 21.8 Å². The number of likely N-dealkylation sites (tertiary alicyclic amines) is 1. The Kier molecular flexibility index (Phi) is 4.92. The maximum Gasteiger partial charge on any atom is 0.227 e. The van der Waals surface area contributed by atoms with E-state index in [2.05, 4.69) is 25.9 Å². The second-order valence-corrected chi connectivity index (χ2v) is 6.61. The van der Waals surface area contributed by atoms with Gasteiger partial charge in [-0.1, -0.05) is 0 Å². The fourth-order valence-electron chi connectivity index (χ4n) is 3.05. The van der Waals surface area contributed by atoms with Gasteiger partial charge in [-0.15, -0.1) is 0 Å². The zero-order valence-electron chi connectivity index (χ0n) is 12.1. The monoisotopic (exact) mass is 356 g/mol. The van der Waals surface area contributed by atoms with Gasteiger partial charge in [-0.05, 0) is 35.3 Å². The predicted molar refractivity (Wildman–Crippen MR) is 81.6 cm³/mol. The van der Waals surface area contributed by atoms with E-state index in [9.17, 15) is 4.79 Å². The van der Waals surface area contributed by atoms with Crippen LogP contribution in [0.2, 0.25) is 0 Å². The average molecular weight is 357 g/mol. The molecular weight excluding hydrogens is 336 g/mol. The molecule has 0 spiro atoms. The molecule has 7 heteroatoms. The molecule has 21 heavy (non-hydrogen) atoms. The highest BCUT2D eigenvalue weighted by Crippen LogP contribution is 2.20. The molecule has 1 unspecified atom stereocenters. The van der Waals surface area contributed by atoms with E-state index >= 15 is 0 Å². The Morgan fingerprint density at radius 2 is 2.19 bits per heavy atom. The lowest BCUT2D eigenvalue weighted by Gasteiger charge is -2.36. The molecule has 2 saturated heterocycles. The molecular formula is C14H21BrN4O2. The van der Waals surface area contributed by atoms with Crippen LogP contribution in [0.4, 0.5) is 0 Å². The van der Waals surface area contributed by atoms with Crippen LogP contribution in [-0.4, -0.2) is 64.9 Å². The van der Waals surface area contributed by atoms with Crippen molar-refractivity contribution in [3.63, 3.8) is 0 Å². The van der Waals surface area contributed by atoms with Gasteiger partial charge in [0.2, 0.25) is 5.91 Å². The lowest BCUT2D eigenvalue weighted by Crippen LogP contribution is -2.48. The first kappa shape index (κ1) is 15.0. The van der Waals surface area contributed by atoms with Crippen LogP contribution in [0.5, 0.6) is 0 Å². The van der Waals surface area contributed by atoms with Crippen LogP contribution in [-0.2, 0) is 16.2 Å². The molecule has 1 aromatic heterocycles. The van der Waals surface area contributed by atoms with Crippen molar-refractivity contribution < 1.29 is 9.53 Å². The quantitative estimate of drug-likeness (QED) is 0.815. The number of hydrogen-bond donors (Lipinski definition) is 0. The Morgan fingerprint density at radius 1 is 1.38 bits per heavy atom. The minimum atomic E-state index is 0.121. The predicted octanol–water partition coefficient (Wildman–Crippen LogP) is 1.17. The number of rotatable bonds is 3. The molecule has 0 N–H and O–H groups in total. The second kappa shape index (κ2) is 6.89. The van der Waals surface area contributed by atoms with E-state index in [1.54, 1.807) is 6.20 Å². The first-order chi connectivity index (χ1) is 10.2. The molecule has 0 aromatic carbocycles. The SMILES string of the molecule is O=C(C1CCCN(Cn2cc(Br)cn2)C1)N1CCOCC1. The molecule has 0 saturated carbocycles. The van der Waals surface area contributed by atoms with Gasteiger partial charge in [0.05, 0.1) is 36.5 Å². The van der Waals surface area contributed by atoms with Gasteiger partial charge in [0, 0.05) is 25.8 Å². The number of hydrogen-bond acceptors (Lipinski definition) is 4.